The predicted octanol–water partition coefficient (Wildman–Crippen LogP) is 1.66. The molecule has 0 aliphatic rings. The summed E-state index contributed by atoms with van der Waals surface area (Å²) in [7, 11) is -2.16. The summed E-state index contributed by atoms with van der Waals surface area (Å²) in [6.07, 6.45) is 0. The third-order valence-electron chi connectivity index (χ3n) is 1.13. The van der Waals surface area contributed by atoms with Crippen LogP contribution in [0.3, 0.4) is 0 Å². The molecule has 13 heavy (non-hydrogen) atoms. The zero-order valence-corrected chi connectivity index (χ0v) is 9.25. The lowest BCUT2D eigenvalue weighted by atomic mass is 10.7. The summed E-state index contributed by atoms with van der Waals surface area (Å²) in [5, 5.41) is 6.17. The molecule has 0 atom stereocenters. The third-order valence-corrected chi connectivity index (χ3v) is 5.07. The summed E-state index contributed by atoms with van der Waals surface area (Å²) in [6.45, 7) is 0. The summed E-state index contributed by atoms with van der Waals surface area (Å²) in [5.41, 5.74) is 0. The zero-order chi connectivity index (χ0) is 10.3. The van der Waals surface area contributed by atoms with Gasteiger partial charge in [0, 0.05) is 16.1 Å². The van der Waals surface area contributed by atoms with E-state index in [1.807, 2.05) is 0 Å². The SMILES string of the molecule is NS(O)(O)c1cc(S(=O)(=O)Cl)cs1. The Labute approximate surface area is 85.0 Å². The average Bonchev–Trinajstić information content (AvgIpc) is 2.28. The van der Waals surface area contributed by atoms with Crippen LogP contribution in [0, 0.1) is 0 Å². The van der Waals surface area contributed by atoms with Gasteiger partial charge >= 0.3 is 0 Å². The van der Waals surface area contributed by atoms with E-state index in [0.717, 1.165) is 17.4 Å². The van der Waals surface area contributed by atoms with Crippen LogP contribution in [0.1, 0.15) is 0 Å². The maximum absolute atomic E-state index is 10.8. The summed E-state index contributed by atoms with van der Waals surface area (Å²) in [5.74, 6) is 0. The summed E-state index contributed by atoms with van der Waals surface area (Å²) < 4.78 is 39.4. The fourth-order valence-electron chi connectivity index (χ4n) is 0.586. The van der Waals surface area contributed by atoms with Gasteiger partial charge in [-0.15, -0.1) is 22.1 Å². The van der Waals surface area contributed by atoms with Gasteiger partial charge in [0.05, 0.1) is 4.90 Å². The van der Waals surface area contributed by atoms with Gasteiger partial charge in [-0.25, -0.2) is 13.6 Å². The molecule has 0 saturated heterocycles. The Bertz CT molecular complexity index is 405. The topological polar surface area (TPSA) is 101 Å². The standard InChI is InChI=1S/C4H6ClNO4S3/c5-12(7,8)3-1-4(11-2-3)13(6,9)10/h1-2,9-10H,6H2. The molecule has 0 saturated carbocycles. The monoisotopic (exact) mass is 263 g/mol. The van der Waals surface area contributed by atoms with Gasteiger partial charge in [-0.2, -0.15) is 0 Å². The number of halogens is 1. The molecule has 1 aromatic heterocycles. The van der Waals surface area contributed by atoms with Crippen LogP contribution >= 0.6 is 32.8 Å². The molecule has 0 aromatic carbocycles. The highest BCUT2D eigenvalue weighted by Crippen LogP contribution is 2.44. The van der Waals surface area contributed by atoms with Crippen LogP contribution in [0.25, 0.3) is 0 Å². The molecule has 0 amide bonds. The minimum absolute atomic E-state index is 0.00766. The second-order valence-corrected chi connectivity index (χ2v) is 7.49. The van der Waals surface area contributed by atoms with Gasteiger partial charge in [0.25, 0.3) is 9.05 Å². The van der Waals surface area contributed by atoms with E-state index >= 15 is 0 Å². The Hall–Kier alpha value is 0.170. The van der Waals surface area contributed by atoms with Crippen LogP contribution in [0.2, 0.25) is 0 Å². The Morgan fingerprint density at radius 2 is 2.00 bits per heavy atom. The van der Waals surface area contributed by atoms with Crippen molar-refractivity contribution in [2.45, 2.75) is 9.10 Å². The first-order valence-electron chi connectivity index (χ1n) is 2.80. The van der Waals surface area contributed by atoms with Crippen molar-refractivity contribution in [2.75, 3.05) is 0 Å². The zero-order valence-electron chi connectivity index (χ0n) is 6.05. The van der Waals surface area contributed by atoms with Gasteiger partial charge in [0.2, 0.25) is 0 Å². The molecule has 0 aliphatic heterocycles. The van der Waals surface area contributed by atoms with Crippen LogP contribution in [0.4, 0.5) is 0 Å². The number of rotatable bonds is 2. The van der Waals surface area contributed by atoms with Crippen LogP contribution < -0.4 is 5.14 Å². The minimum Gasteiger partial charge on any atom is -0.281 e. The molecule has 4 N–H and O–H groups in total. The lowest BCUT2D eigenvalue weighted by Crippen LogP contribution is -2.06. The quantitative estimate of drug-likeness (QED) is 0.705. The lowest BCUT2D eigenvalue weighted by molar-refractivity contribution is 0.491. The van der Waals surface area contributed by atoms with Crippen LogP contribution in [0.15, 0.2) is 20.6 Å². The molecule has 0 radical (unpaired) electrons. The highest BCUT2D eigenvalue weighted by molar-refractivity contribution is 8.23. The first-order chi connectivity index (χ1) is 5.71. The van der Waals surface area contributed by atoms with Crippen molar-refractivity contribution in [3.63, 3.8) is 0 Å². The highest BCUT2D eigenvalue weighted by Gasteiger charge is 2.18. The van der Waals surface area contributed by atoms with Crippen molar-refractivity contribution in [2.24, 2.45) is 5.14 Å². The number of nitrogens with two attached hydrogens (primary N) is 1. The molecule has 0 spiro atoms. The predicted molar refractivity (Wildman–Crippen MR) is 52.7 cm³/mol. The fraction of sp³-hybridized carbons (Fsp3) is 0. The molecule has 9 heteroatoms. The van der Waals surface area contributed by atoms with E-state index in [4.69, 9.17) is 24.9 Å². The summed E-state index contributed by atoms with van der Waals surface area (Å²) in [4.78, 5) is -0.181. The highest BCUT2D eigenvalue weighted by atomic mass is 35.7. The normalized spacial score (nSPS) is 14.5. The Morgan fingerprint density at radius 1 is 1.46 bits per heavy atom. The Kier molecular flexibility index (Phi) is 2.93. The molecule has 76 valence electrons. The molecule has 0 fully saturated rings. The maximum Gasteiger partial charge on any atom is 0.262 e. The van der Waals surface area contributed by atoms with Gasteiger partial charge in [-0.05, 0) is 6.07 Å². The van der Waals surface area contributed by atoms with Crippen LogP contribution in [-0.4, -0.2) is 17.5 Å². The van der Waals surface area contributed by atoms with Crippen molar-refractivity contribution < 1.29 is 17.5 Å². The van der Waals surface area contributed by atoms with Crippen molar-refractivity contribution in [1.29, 1.82) is 0 Å². The van der Waals surface area contributed by atoms with Gasteiger partial charge < -0.3 is 0 Å². The van der Waals surface area contributed by atoms with Crippen LogP contribution in [-0.2, 0) is 9.05 Å². The fourth-order valence-corrected chi connectivity index (χ4v) is 3.57. The second kappa shape index (κ2) is 3.39. The van der Waals surface area contributed by atoms with Gasteiger partial charge in [-0.1, -0.05) is 0 Å². The summed E-state index contributed by atoms with van der Waals surface area (Å²) >= 11 is 0.832. The molecular formula is C4H6ClNO4S3. The molecule has 0 aliphatic carbocycles. The number of hydrogen-bond donors (Lipinski definition) is 3. The van der Waals surface area contributed by atoms with Gasteiger partial charge in [0.1, 0.15) is 4.21 Å². The van der Waals surface area contributed by atoms with Crippen molar-refractivity contribution in [3.05, 3.63) is 11.4 Å². The van der Waals surface area contributed by atoms with E-state index in [9.17, 15) is 8.42 Å². The van der Waals surface area contributed by atoms with E-state index in [-0.39, 0.29) is 9.10 Å². The lowest BCUT2D eigenvalue weighted by Gasteiger charge is -2.23. The minimum atomic E-state index is -3.82. The number of hydrogen-bond acceptors (Lipinski definition) is 6. The molecule has 1 heterocycles. The summed E-state index contributed by atoms with van der Waals surface area (Å²) in [6, 6.07) is 1.04. The van der Waals surface area contributed by atoms with Gasteiger partial charge in [-0.3, -0.25) is 9.11 Å². The largest absolute Gasteiger partial charge is 0.281 e. The van der Waals surface area contributed by atoms with Gasteiger partial charge in [0.15, 0.2) is 0 Å². The molecule has 1 rings (SSSR count). The molecule has 5 nitrogen and oxygen atoms in total. The van der Waals surface area contributed by atoms with Crippen LogP contribution in [0.5, 0.6) is 0 Å². The first-order valence-corrected chi connectivity index (χ1v) is 7.60. The maximum atomic E-state index is 10.8. The van der Waals surface area contributed by atoms with E-state index in [2.05, 4.69) is 0 Å². The van der Waals surface area contributed by atoms with Crippen molar-refractivity contribution in [3.8, 4) is 0 Å². The van der Waals surface area contributed by atoms with Crippen molar-refractivity contribution >= 4 is 41.8 Å². The molecule has 0 bridgehead atoms. The van der Waals surface area contributed by atoms with E-state index in [0.29, 0.717) is 0 Å². The first kappa shape index (κ1) is 11.2. The number of thiophene rings is 1. The Balaban J connectivity index is 3.16. The van der Waals surface area contributed by atoms with E-state index in [1.165, 1.54) is 5.38 Å². The van der Waals surface area contributed by atoms with Crippen molar-refractivity contribution in [1.82, 2.24) is 0 Å². The smallest absolute Gasteiger partial charge is 0.262 e. The van der Waals surface area contributed by atoms with E-state index in [1.54, 1.807) is 0 Å². The van der Waals surface area contributed by atoms with E-state index < -0.39 is 19.8 Å². The molecular weight excluding hydrogens is 258 g/mol. The molecule has 1 aromatic rings. The average molecular weight is 264 g/mol. The molecule has 0 unspecified atom stereocenters. The second-order valence-electron chi connectivity index (χ2n) is 2.13. The Morgan fingerprint density at radius 3 is 2.23 bits per heavy atom. The third kappa shape index (κ3) is 2.81.